The van der Waals surface area contributed by atoms with Crippen LogP contribution in [0.25, 0.3) is 10.8 Å². The van der Waals surface area contributed by atoms with Gasteiger partial charge in [0.2, 0.25) is 0 Å². The second kappa shape index (κ2) is 9.85. The van der Waals surface area contributed by atoms with Crippen molar-refractivity contribution >= 4 is 28.3 Å². The van der Waals surface area contributed by atoms with E-state index in [1.54, 1.807) is 6.33 Å². The fourth-order valence-corrected chi connectivity index (χ4v) is 4.76. The number of amides is 1. The van der Waals surface area contributed by atoms with Gasteiger partial charge >= 0.3 is 0 Å². The number of anilines is 2. The Morgan fingerprint density at radius 1 is 0.882 bits per heavy atom. The Balaban J connectivity index is 1.30. The van der Waals surface area contributed by atoms with E-state index in [0.717, 1.165) is 61.7 Å². The summed E-state index contributed by atoms with van der Waals surface area (Å²) in [4.78, 5) is 31.5. The summed E-state index contributed by atoms with van der Waals surface area (Å²) in [6, 6.07) is 14.0. The Bertz CT molecular complexity index is 1150. The normalized spacial score (nSPS) is 17.3. The van der Waals surface area contributed by atoms with Gasteiger partial charge in [-0.25, -0.2) is 9.97 Å². The number of ether oxygens (including phenoxy) is 1. The maximum atomic E-state index is 13.6. The number of fused-ring (bicyclic) bond motifs is 1. The smallest absolute Gasteiger partial charge is 0.258 e. The fraction of sp³-hybridized carbons (Fsp3) is 0.423. The summed E-state index contributed by atoms with van der Waals surface area (Å²) in [5.41, 5.74) is 0.660. The zero-order chi connectivity index (χ0) is 23.5. The van der Waals surface area contributed by atoms with Crippen molar-refractivity contribution in [2.75, 3.05) is 75.8 Å². The molecule has 5 rings (SSSR count). The minimum Gasteiger partial charge on any atom is -0.493 e. The van der Waals surface area contributed by atoms with Crippen LogP contribution in [0, 0.1) is 0 Å². The number of likely N-dealkylation sites (N-methyl/N-ethyl adjacent to an activating group) is 1. The van der Waals surface area contributed by atoms with Crippen LogP contribution in [0.4, 0.5) is 11.6 Å². The highest BCUT2D eigenvalue weighted by Gasteiger charge is 2.27. The van der Waals surface area contributed by atoms with Crippen molar-refractivity contribution in [3.05, 3.63) is 54.4 Å². The first-order chi connectivity index (χ1) is 16.6. The van der Waals surface area contributed by atoms with Gasteiger partial charge in [0.1, 0.15) is 23.7 Å². The molecule has 1 amide bonds. The summed E-state index contributed by atoms with van der Waals surface area (Å²) >= 11 is 0. The number of carbonyl (C=O) groups is 1. The Morgan fingerprint density at radius 2 is 1.53 bits per heavy atom. The second-order valence-electron chi connectivity index (χ2n) is 8.90. The lowest BCUT2D eigenvalue weighted by atomic mass is 10.0. The van der Waals surface area contributed by atoms with Crippen LogP contribution >= 0.6 is 0 Å². The summed E-state index contributed by atoms with van der Waals surface area (Å²) in [5.74, 6) is 2.59. The predicted octanol–water partition coefficient (Wildman–Crippen LogP) is 2.74. The fourth-order valence-electron chi connectivity index (χ4n) is 4.76. The predicted molar refractivity (Wildman–Crippen MR) is 135 cm³/mol. The number of hydrogen-bond donors (Lipinski definition) is 0. The molecule has 2 aromatic carbocycles. The van der Waals surface area contributed by atoms with E-state index in [9.17, 15) is 4.79 Å². The largest absolute Gasteiger partial charge is 0.493 e. The molecule has 0 aliphatic carbocycles. The lowest BCUT2D eigenvalue weighted by molar-refractivity contribution is 0.0744. The number of piperazine rings is 2. The van der Waals surface area contributed by atoms with Crippen molar-refractivity contribution in [1.29, 1.82) is 0 Å². The third-order valence-electron chi connectivity index (χ3n) is 6.76. The zero-order valence-corrected chi connectivity index (χ0v) is 20.0. The van der Waals surface area contributed by atoms with Crippen LogP contribution in [0.15, 0.2) is 48.8 Å². The lowest BCUT2D eigenvalue weighted by Gasteiger charge is -2.36. The molecule has 0 unspecified atom stereocenters. The molecule has 8 nitrogen and oxygen atoms in total. The topological polar surface area (TPSA) is 65.0 Å². The van der Waals surface area contributed by atoms with E-state index in [1.807, 2.05) is 48.2 Å². The SMILES string of the molecule is CCOc1ccc2ccccc2c1C(=O)N1CCN(c2cc(N3CCN(C)CC3)ncn2)CC1. The summed E-state index contributed by atoms with van der Waals surface area (Å²) < 4.78 is 5.84. The molecule has 34 heavy (non-hydrogen) atoms. The molecule has 1 aromatic heterocycles. The third-order valence-corrected chi connectivity index (χ3v) is 6.76. The van der Waals surface area contributed by atoms with Crippen LogP contribution in [0.5, 0.6) is 5.75 Å². The van der Waals surface area contributed by atoms with Crippen LogP contribution in [-0.2, 0) is 0 Å². The highest BCUT2D eigenvalue weighted by Crippen LogP contribution is 2.30. The molecule has 2 aliphatic rings. The number of rotatable bonds is 5. The van der Waals surface area contributed by atoms with Crippen LogP contribution in [0.1, 0.15) is 17.3 Å². The van der Waals surface area contributed by atoms with E-state index in [1.165, 1.54) is 0 Å². The number of hydrogen-bond acceptors (Lipinski definition) is 7. The van der Waals surface area contributed by atoms with E-state index in [2.05, 4.69) is 37.8 Å². The molecule has 0 N–H and O–H groups in total. The maximum Gasteiger partial charge on any atom is 0.258 e. The molecule has 0 bridgehead atoms. The van der Waals surface area contributed by atoms with Crippen molar-refractivity contribution in [3.63, 3.8) is 0 Å². The van der Waals surface area contributed by atoms with Crippen molar-refractivity contribution in [2.45, 2.75) is 6.92 Å². The lowest BCUT2D eigenvalue weighted by Crippen LogP contribution is -2.49. The summed E-state index contributed by atoms with van der Waals surface area (Å²) in [7, 11) is 2.15. The first kappa shape index (κ1) is 22.4. The summed E-state index contributed by atoms with van der Waals surface area (Å²) in [6.45, 7) is 9.25. The van der Waals surface area contributed by atoms with E-state index in [0.29, 0.717) is 31.0 Å². The van der Waals surface area contributed by atoms with Crippen LogP contribution < -0.4 is 14.5 Å². The van der Waals surface area contributed by atoms with E-state index in [4.69, 9.17) is 4.74 Å². The van der Waals surface area contributed by atoms with Gasteiger partial charge in [-0.2, -0.15) is 0 Å². The average Bonchev–Trinajstić information content (AvgIpc) is 2.89. The van der Waals surface area contributed by atoms with Gasteiger partial charge in [-0.3, -0.25) is 4.79 Å². The van der Waals surface area contributed by atoms with Gasteiger partial charge < -0.3 is 24.3 Å². The molecular formula is C26H32N6O2. The van der Waals surface area contributed by atoms with Crippen molar-refractivity contribution in [3.8, 4) is 5.75 Å². The number of nitrogens with zero attached hydrogens (tertiary/aromatic N) is 6. The quantitative estimate of drug-likeness (QED) is 0.580. The van der Waals surface area contributed by atoms with E-state index < -0.39 is 0 Å². The third kappa shape index (κ3) is 4.50. The Labute approximate surface area is 200 Å². The maximum absolute atomic E-state index is 13.6. The molecule has 2 fully saturated rings. The number of aromatic nitrogens is 2. The molecule has 0 atom stereocenters. The molecule has 2 saturated heterocycles. The van der Waals surface area contributed by atoms with Crippen LogP contribution in [-0.4, -0.2) is 91.7 Å². The van der Waals surface area contributed by atoms with Gasteiger partial charge in [-0.15, -0.1) is 0 Å². The standard InChI is InChI=1S/C26H32N6O2/c1-3-34-22-9-8-20-6-4-5-7-21(20)25(22)26(33)32-16-14-31(15-17-32)24-18-23(27-19-28-24)30-12-10-29(2)11-13-30/h4-9,18-19H,3,10-17H2,1-2H3. The van der Waals surface area contributed by atoms with Gasteiger partial charge in [0, 0.05) is 58.4 Å². The van der Waals surface area contributed by atoms with E-state index in [-0.39, 0.29) is 5.91 Å². The summed E-state index contributed by atoms with van der Waals surface area (Å²) in [6.07, 6.45) is 1.66. The Morgan fingerprint density at radius 3 is 2.21 bits per heavy atom. The molecule has 0 spiro atoms. The second-order valence-corrected chi connectivity index (χ2v) is 8.90. The number of carbonyl (C=O) groups excluding carboxylic acids is 1. The van der Waals surface area contributed by atoms with Crippen molar-refractivity contribution in [2.24, 2.45) is 0 Å². The molecular weight excluding hydrogens is 428 g/mol. The molecule has 2 aliphatic heterocycles. The van der Waals surface area contributed by atoms with Crippen LogP contribution in [0.2, 0.25) is 0 Å². The van der Waals surface area contributed by atoms with Crippen molar-refractivity contribution in [1.82, 2.24) is 19.8 Å². The van der Waals surface area contributed by atoms with Crippen LogP contribution in [0.3, 0.4) is 0 Å². The Hall–Kier alpha value is -3.39. The molecule has 3 heterocycles. The monoisotopic (exact) mass is 460 g/mol. The Kier molecular flexibility index (Phi) is 6.49. The van der Waals surface area contributed by atoms with E-state index >= 15 is 0 Å². The molecule has 178 valence electrons. The van der Waals surface area contributed by atoms with Gasteiger partial charge in [-0.1, -0.05) is 30.3 Å². The first-order valence-electron chi connectivity index (χ1n) is 12.1. The number of benzene rings is 2. The zero-order valence-electron chi connectivity index (χ0n) is 20.0. The first-order valence-corrected chi connectivity index (χ1v) is 12.1. The van der Waals surface area contributed by atoms with Gasteiger partial charge in [0.15, 0.2) is 0 Å². The minimum atomic E-state index is 0.0284. The molecule has 0 saturated carbocycles. The average molecular weight is 461 g/mol. The molecule has 8 heteroatoms. The summed E-state index contributed by atoms with van der Waals surface area (Å²) in [5, 5.41) is 1.99. The highest BCUT2D eigenvalue weighted by atomic mass is 16.5. The highest BCUT2D eigenvalue weighted by molar-refractivity contribution is 6.09. The molecule has 0 radical (unpaired) electrons. The van der Waals surface area contributed by atoms with Gasteiger partial charge in [0.05, 0.1) is 12.2 Å². The molecule has 3 aromatic rings. The van der Waals surface area contributed by atoms with Gasteiger partial charge in [0.25, 0.3) is 5.91 Å². The minimum absolute atomic E-state index is 0.0284. The van der Waals surface area contributed by atoms with Crippen molar-refractivity contribution < 1.29 is 9.53 Å². The van der Waals surface area contributed by atoms with Gasteiger partial charge in [-0.05, 0) is 30.8 Å².